The maximum atomic E-state index is 10.9. The molecule has 0 saturated carbocycles. The highest BCUT2D eigenvalue weighted by atomic mass is 35.5. The van der Waals surface area contributed by atoms with Gasteiger partial charge in [-0.25, -0.2) is 4.79 Å². The zero-order chi connectivity index (χ0) is 8.27. The van der Waals surface area contributed by atoms with Crippen LogP contribution in [0, 0.1) is 0 Å². The molecule has 0 atom stereocenters. The third-order valence-electron chi connectivity index (χ3n) is 1.26. The molecule has 0 fully saturated rings. The van der Waals surface area contributed by atoms with Crippen LogP contribution in [0.15, 0.2) is 15.8 Å². The zero-order valence-electron chi connectivity index (χ0n) is 5.69. The van der Waals surface area contributed by atoms with Crippen LogP contribution in [0.1, 0.15) is 5.56 Å². The summed E-state index contributed by atoms with van der Waals surface area (Å²) in [6.07, 6.45) is 1.84. The molecule has 0 aliphatic rings. The number of halogens is 1. The predicted molar refractivity (Wildman–Crippen MR) is 42.1 cm³/mol. The van der Waals surface area contributed by atoms with Crippen molar-refractivity contribution in [1.82, 2.24) is 9.97 Å². The van der Waals surface area contributed by atoms with Crippen molar-refractivity contribution in [3.8, 4) is 0 Å². The summed E-state index contributed by atoms with van der Waals surface area (Å²) in [7, 11) is 0. The molecule has 1 rings (SSSR count). The number of H-pyrrole nitrogens is 2. The molecule has 11 heavy (non-hydrogen) atoms. The van der Waals surface area contributed by atoms with Crippen LogP contribution in [0.25, 0.3) is 0 Å². The average Bonchev–Trinajstić information content (AvgIpc) is 1.95. The topological polar surface area (TPSA) is 65.7 Å². The van der Waals surface area contributed by atoms with E-state index < -0.39 is 5.69 Å². The molecule has 0 bridgehead atoms. The fourth-order valence-corrected chi connectivity index (χ4v) is 0.929. The molecule has 0 radical (unpaired) electrons. The molecular formula is C6H7ClN2O2. The Morgan fingerprint density at radius 3 is 2.73 bits per heavy atom. The molecule has 0 amide bonds. The van der Waals surface area contributed by atoms with Gasteiger partial charge in [-0.05, 0) is 6.42 Å². The molecule has 4 nitrogen and oxygen atoms in total. The number of aromatic amines is 2. The highest BCUT2D eigenvalue weighted by Gasteiger charge is 1.97. The zero-order valence-corrected chi connectivity index (χ0v) is 6.44. The minimum Gasteiger partial charge on any atom is -0.314 e. The molecule has 0 aliphatic carbocycles. The van der Waals surface area contributed by atoms with Crippen molar-refractivity contribution >= 4 is 11.6 Å². The number of aromatic nitrogens is 2. The Labute approximate surface area is 67.2 Å². The SMILES string of the molecule is O=c1[nH]cc(CCCl)c(=O)[nH]1. The monoisotopic (exact) mass is 174 g/mol. The first-order valence-electron chi connectivity index (χ1n) is 3.11. The Balaban J connectivity index is 3.10. The van der Waals surface area contributed by atoms with Crippen LogP contribution in [0.4, 0.5) is 0 Å². The number of nitrogens with one attached hydrogen (secondary N) is 2. The van der Waals surface area contributed by atoms with E-state index in [4.69, 9.17) is 11.6 Å². The van der Waals surface area contributed by atoms with Gasteiger partial charge in [-0.1, -0.05) is 0 Å². The lowest BCUT2D eigenvalue weighted by Gasteiger charge is -1.92. The van der Waals surface area contributed by atoms with Crippen LogP contribution in [0.2, 0.25) is 0 Å². The summed E-state index contributed by atoms with van der Waals surface area (Å²) in [5.74, 6) is 0.370. The smallest absolute Gasteiger partial charge is 0.314 e. The second-order valence-electron chi connectivity index (χ2n) is 2.04. The summed E-state index contributed by atoms with van der Waals surface area (Å²) in [6, 6.07) is 0. The lowest BCUT2D eigenvalue weighted by molar-refractivity contribution is 0.963. The lowest BCUT2D eigenvalue weighted by atomic mass is 10.3. The summed E-state index contributed by atoms with van der Waals surface area (Å²) in [5.41, 5.74) is -0.359. The van der Waals surface area contributed by atoms with Gasteiger partial charge in [-0.15, -0.1) is 11.6 Å². The van der Waals surface area contributed by atoms with Crippen LogP contribution in [-0.4, -0.2) is 15.8 Å². The Morgan fingerprint density at radius 2 is 2.18 bits per heavy atom. The van der Waals surface area contributed by atoms with Gasteiger partial charge in [0.1, 0.15) is 0 Å². The van der Waals surface area contributed by atoms with Crippen LogP contribution in [-0.2, 0) is 6.42 Å². The van der Waals surface area contributed by atoms with E-state index >= 15 is 0 Å². The van der Waals surface area contributed by atoms with Gasteiger partial charge in [0.05, 0.1) is 0 Å². The normalized spacial score (nSPS) is 9.91. The van der Waals surface area contributed by atoms with Gasteiger partial charge < -0.3 is 4.98 Å². The molecule has 5 heteroatoms. The first kappa shape index (κ1) is 8.07. The van der Waals surface area contributed by atoms with E-state index in [0.29, 0.717) is 17.9 Å². The quantitative estimate of drug-likeness (QED) is 0.613. The maximum Gasteiger partial charge on any atom is 0.325 e. The Bertz CT molecular complexity index is 341. The van der Waals surface area contributed by atoms with Gasteiger partial charge in [0.2, 0.25) is 0 Å². The Hall–Kier alpha value is -1.03. The van der Waals surface area contributed by atoms with E-state index in [2.05, 4.69) is 9.97 Å². The van der Waals surface area contributed by atoms with Gasteiger partial charge in [0.25, 0.3) is 5.56 Å². The predicted octanol–water partition coefficient (Wildman–Crippen LogP) is -0.155. The standard InChI is InChI=1S/C6H7ClN2O2/c7-2-1-4-3-8-6(11)9-5(4)10/h3H,1-2H2,(H2,8,9,10,11). The fraction of sp³-hybridized carbons (Fsp3) is 0.333. The molecule has 2 N–H and O–H groups in total. The summed E-state index contributed by atoms with van der Waals surface area (Å²) >= 11 is 5.40. The summed E-state index contributed by atoms with van der Waals surface area (Å²) in [4.78, 5) is 25.9. The molecular weight excluding hydrogens is 168 g/mol. The summed E-state index contributed by atoms with van der Waals surface area (Å²) in [5, 5.41) is 0. The van der Waals surface area contributed by atoms with Crippen LogP contribution >= 0.6 is 11.6 Å². The third kappa shape index (κ3) is 1.94. The molecule has 1 heterocycles. The first-order valence-corrected chi connectivity index (χ1v) is 3.64. The first-order chi connectivity index (χ1) is 5.24. The second kappa shape index (κ2) is 3.39. The minimum atomic E-state index is -0.492. The van der Waals surface area contributed by atoms with E-state index in [1.165, 1.54) is 6.20 Å². The third-order valence-corrected chi connectivity index (χ3v) is 1.45. The van der Waals surface area contributed by atoms with Crippen molar-refractivity contribution in [2.24, 2.45) is 0 Å². The molecule has 60 valence electrons. The van der Waals surface area contributed by atoms with Crippen molar-refractivity contribution in [3.05, 3.63) is 32.6 Å². The number of alkyl halides is 1. The number of hydrogen-bond donors (Lipinski definition) is 2. The van der Waals surface area contributed by atoms with E-state index in [0.717, 1.165) is 0 Å². The van der Waals surface area contributed by atoms with Crippen LogP contribution in [0.3, 0.4) is 0 Å². The van der Waals surface area contributed by atoms with Crippen molar-refractivity contribution < 1.29 is 0 Å². The molecule has 0 aromatic carbocycles. The van der Waals surface area contributed by atoms with E-state index in [-0.39, 0.29) is 5.56 Å². The molecule has 0 spiro atoms. The molecule has 0 aliphatic heterocycles. The number of hydrogen-bond acceptors (Lipinski definition) is 2. The largest absolute Gasteiger partial charge is 0.325 e. The molecule has 1 aromatic heterocycles. The summed E-state index contributed by atoms with van der Waals surface area (Å²) in [6.45, 7) is 0. The van der Waals surface area contributed by atoms with Gasteiger partial charge in [0, 0.05) is 17.6 Å². The van der Waals surface area contributed by atoms with E-state index in [9.17, 15) is 9.59 Å². The van der Waals surface area contributed by atoms with E-state index in [1.54, 1.807) is 0 Å². The van der Waals surface area contributed by atoms with Crippen molar-refractivity contribution in [2.75, 3.05) is 5.88 Å². The van der Waals surface area contributed by atoms with Crippen molar-refractivity contribution in [3.63, 3.8) is 0 Å². The number of rotatable bonds is 2. The summed E-state index contributed by atoms with van der Waals surface area (Å²) < 4.78 is 0. The van der Waals surface area contributed by atoms with Gasteiger partial charge in [-0.3, -0.25) is 9.78 Å². The highest BCUT2D eigenvalue weighted by Crippen LogP contribution is 1.88. The van der Waals surface area contributed by atoms with Gasteiger partial charge in [-0.2, -0.15) is 0 Å². The maximum absolute atomic E-state index is 10.9. The van der Waals surface area contributed by atoms with Crippen molar-refractivity contribution in [2.45, 2.75) is 6.42 Å². The Kier molecular flexibility index (Phi) is 2.48. The molecule has 0 saturated heterocycles. The van der Waals surface area contributed by atoms with Gasteiger partial charge in [0.15, 0.2) is 0 Å². The average molecular weight is 175 g/mol. The van der Waals surface area contributed by atoms with Gasteiger partial charge >= 0.3 is 5.69 Å². The lowest BCUT2D eigenvalue weighted by Crippen LogP contribution is -2.24. The molecule has 0 unspecified atom stereocenters. The van der Waals surface area contributed by atoms with Crippen LogP contribution < -0.4 is 11.2 Å². The molecule has 1 aromatic rings. The Morgan fingerprint density at radius 1 is 1.45 bits per heavy atom. The number of aryl methyl sites for hydroxylation is 1. The van der Waals surface area contributed by atoms with Crippen LogP contribution in [0.5, 0.6) is 0 Å². The highest BCUT2D eigenvalue weighted by molar-refractivity contribution is 6.17. The van der Waals surface area contributed by atoms with E-state index in [1.807, 2.05) is 0 Å². The van der Waals surface area contributed by atoms with Crippen molar-refractivity contribution in [1.29, 1.82) is 0 Å². The second-order valence-corrected chi connectivity index (χ2v) is 2.41. The fourth-order valence-electron chi connectivity index (χ4n) is 0.725. The minimum absolute atomic E-state index is 0.366.